The van der Waals surface area contributed by atoms with Gasteiger partial charge in [-0.25, -0.2) is 0 Å². The summed E-state index contributed by atoms with van der Waals surface area (Å²) < 4.78 is 16.0. The van der Waals surface area contributed by atoms with Crippen LogP contribution in [-0.2, 0) is 4.74 Å². The molecule has 0 saturated carbocycles. The van der Waals surface area contributed by atoms with E-state index in [1.54, 1.807) is 38.5 Å². The summed E-state index contributed by atoms with van der Waals surface area (Å²) in [5.41, 5.74) is 2.44. The van der Waals surface area contributed by atoms with Crippen LogP contribution in [0.15, 0.2) is 36.4 Å². The molecule has 0 unspecified atom stereocenters. The van der Waals surface area contributed by atoms with E-state index < -0.39 is 0 Å². The Labute approximate surface area is 212 Å². The van der Waals surface area contributed by atoms with E-state index in [2.05, 4.69) is 20.4 Å². The van der Waals surface area contributed by atoms with Gasteiger partial charge in [0.1, 0.15) is 11.5 Å². The van der Waals surface area contributed by atoms with Crippen LogP contribution in [0.2, 0.25) is 0 Å². The van der Waals surface area contributed by atoms with Gasteiger partial charge in [-0.15, -0.1) is 0 Å². The molecule has 36 heavy (non-hydrogen) atoms. The minimum absolute atomic E-state index is 0.127. The molecule has 0 aliphatic carbocycles. The third-order valence-corrected chi connectivity index (χ3v) is 6.60. The molecule has 9 heteroatoms. The number of anilines is 2. The SMILES string of the molecule is COc1cc(OC)cc(C(=O)Nc2ccc(N3CCCC3)c(C(=O)NCCCN3CCOCC3)c2)c1. The Balaban J connectivity index is 1.45. The van der Waals surface area contributed by atoms with Crippen LogP contribution >= 0.6 is 0 Å². The quantitative estimate of drug-likeness (QED) is 0.489. The smallest absolute Gasteiger partial charge is 0.255 e. The van der Waals surface area contributed by atoms with Gasteiger partial charge in [0, 0.05) is 55.7 Å². The molecule has 0 atom stereocenters. The number of ether oxygens (including phenoxy) is 3. The van der Waals surface area contributed by atoms with Crippen molar-refractivity contribution in [2.75, 3.05) is 76.9 Å². The van der Waals surface area contributed by atoms with E-state index in [-0.39, 0.29) is 11.8 Å². The number of carbonyl (C=O) groups is 2. The van der Waals surface area contributed by atoms with Crippen LogP contribution in [0.5, 0.6) is 11.5 Å². The molecule has 2 N–H and O–H groups in total. The third kappa shape index (κ3) is 6.67. The number of benzene rings is 2. The number of carbonyl (C=O) groups excluding carboxylic acids is 2. The molecule has 0 spiro atoms. The molecular weight excluding hydrogens is 460 g/mol. The highest BCUT2D eigenvalue weighted by Crippen LogP contribution is 2.28. The number of methoxy groups -OCH3 is 2. The van der Waals surface area contributed by atoms with Gasteiger partial charge in [-0.05, 0) is 56.1 Å². The zero-order valence-corrected chi connectivity index (χ0v) is 21.2. The van der Waals surface area contributed by atoms with Crippen molar-refractivity contribution in [2.45, 2.75) is 19.3 Å². The average Bonchev–Trinajstić information content (AvgIpc) is 3.46. The molecule has 2 aromatic rings. The van der Waals surface area contributed by atoms with Crippen molar-refractivity contribution >= 4 is 23.2 Å². The summed E-state index contributed by atoms with van der Waals surface area (Å²) in [5.74, 6) is 0.623. The van der Waals surface area contributed by atoms with Crippen LogP contribution in [0.3, 0.4) is 0 Å². The summed E-state index contributed by atoms with van der Waals surface area (Å²) in [6, 6.07) is 10.5. The summed E-state index contributed by atoms with van der Waals surface area (Å²) in [6.07, 6.45) is 3.09. The number of nitrogens with one attached hydrogen (secondary N) is 2. The molecule has 0 aromatic heterocycles. The first kappa shape index (κ1) is 25.8. The normalized spacial score (nSPS) is 16.0. The predicted molar refractivity (Wildman–Crippen MR) is 140 cm³/mol. The predicted octanol–water partition coefficient (Wildman–Crippen LogP) is 3.01. The second kappa shape index (κ2) is 12.6. The zero-order chi connectivity index (χ0) is 25.3. The fraction of sp³-hybridized carbons (Fsp3) is 0.481. The summed E-state index contributed by atoms with van der Waals surface area (Å²) in [7, 11) is 3.08. The van der Waals surface area contributed by atoms with E-state index in [1.807, 2.05) is 12.1 Å². The number of nitrogens with zero attached hydrogens (tertiary/aromatic N) is 2. The van der Waals surface area contributed by atoms with E-state index in [1.165, 1.54) is 0 Å². The lowest BCUT2D eigenvalue weighted by Gasteiger charge is -2.26. The highest BCUT2D eigenvalue weighted by atomic mass is 16.5. The molecule has 2 amide bonds. The number of hydrogen-bond acceptors (Lipinski definition) is 7. The average molecular weight is 497 g/mol. The van der Waals surface area contributed by atoms with Gasteiger partial charge >= 0.3 is 0 Å². The first-order chi connectivity index (χ1) is 17.6. The second-order valence-electron chi connectivity index (χ2n) is 9.05. The van der Waals surface area contributed by atoms with Crippen LogP contribution in [0.25, 0.3) is 0 Å². The van der Waals surface area contributed by atoms with Crippen molar-refractivity contribution in [3.8, 4) is 11.5 Å². The van der Waals surface area contributed by atoms with Gasteiger partial charge < -0.3 is 29.7 Å². The summed E-state index contributed by atoms with van der Waals surface area (Å²) >= 11 is 0. The van der Waals surface area contributed by atoms with E-state index in [4.69, 9.17) is 14.2 Å². The highest BCUT2D eigenvalue weighted by Gasteiger charge is 2.21. The van der Waals surface area contributed by atoms with Gasteiger partial charge in [-0.2, -0.15) is 0 Å². The van der Waals surface area contributed by atoms with Crippen molar-refractivity contribution in [2.24, 2.45) is 0 Å². The Morgan fingerprint density at radius 3 is 2.28 bits per heavy atom. The molecule has 2 aliphatic rings. The van der Waals surface area contributed by atoms with Crippen LogP contribution in [-0.4, -0.2) is 83.4 Å². The Morgan fingerprint density at radius 1 is 0.917 bits per heavy atom. The van der Waals surface area contributed by atoms with E-state index in [9.17, 15) is 9.59 Å². The Hall–Kier alpha value is -3.30. The topological polar surface area (TPSA) is 92.4 Å². The van der Waals surface area contributed by atoms with Gasteiger partial charge in [0.2, 0.25) is 0 Å². The summed E-state index contributed by atoms with van der Waals surface area (Å²) in [6.45, 7) is 6.79. The van der Waals surface area contributed by atoms with Gasteiger partial charge in [0.05, 0.1) is 33.0 Å². The van der Waals surface area contributed by atoms with Gasteiger partial charge in [0.15, 0.2) is 0 Å². The number of morpholine rings is 1. The van der Waals surface area contributed by atoms with Gasteiger partial charge in [-0.3, -0.25) is 14.5 Å². The highest BCUT2D eigenvalue weighted by molar-refractivity contribution is 6.06. The fourth-order valence-corrected chi connectivity index (χ4v) is 4.60. The maximum atomic E-state index is 13.2. The van der Waals surface area contributed by atoms with Crippen LogP contribution < -0.4 is 25.0 Å². The lowest BCUT2D eigenvalue weighted by atomic mass is 10.1. The molecule has 2 aromatic carbocycles. The molecule has 0 radical (unpaired) electrons. The molecule has 194 valence electrons. The van der Waals surface area contributed by atoms with Crippen LogP contribution in [0, 0.1) is 0 Å². The van der Waals surface area contributed by atoms with Crippen LogP contribution in [0.1, 0.15) is 40.0 Å². The minimum atomic E-state index is -0.307. The molecule has 4 rings (SSSR count). The van der Waals surface area contributed by atoms with Crippen LogP contribution in [0.4, 0.5) is 11.4 Å². The number of amides is 2. The van der Waals surface area contributed by atoms with Crippen molar-refractivity contribution in [3.63, 3.8) is 0 Å². The molecule has 2 aliphatic heterocycles. The zero-order valence-electron chi connectivity index (χ0n) is 21.2. The summed E-state index contributed by atoms with van der Waals surface area (Å²) in [4.78, 5) is 30.8. The standard InChI is InChI=1S/C27H36N4O5/c1-34-22-16-20(17-23(19-22)35-2)26(32)29-21-6-7-25(31-10-3-4-11-31)24(18-21)27(33)28-8-5-9-30-12-14-36-15-13-30/h6-7,16-19H,3-5,8-15H2,1-2H3,(H,28,33)(H,29,32). The molecule has 9 nitrogen and oxygen atoms in total. The molecule has 2 saturated heterocycles. The van der Waals surface area contributed by atoms with Gasteiger partial charge in [-0.1, -0.05) is 0 Å². The van der Waals surface area contributed by atoms with Crippen molar-refractivity contribution in [1.29, 1.82) is 0 Å². The largest absolute Gasteiger partial charge is 0.497 e. The van der Waals surface area contributed by atoms with Crippen molar-refractivity contribution in [3.05, 3.63) is 47.5 Å². The number of rotatable bonds is 10. The third-order valence-electron chi connectivity index (χ3n) is 6.60. The minimum Gasteiger partial charge on any atom is -0.497 e. The van der Waals surface area contributed by atoms with Crippen molar-refractivity contribution < 1.29 is 23.8 Å². The molecule has 0 bridgehead atoms. The second-order valence-corrected chi connectivity index (χ2v) is 9.05. The Bertz CT molecular complexity index is 1030. The molecular formula is C27H36N4O5. The monoisotopic (exact) mass is 496 g/mol. The summed E-state index contributed by atoms with van der Waals surface area (Å²) in [5, 5.41) is 5.99. The molecule has 2 heterocycles. The lowest BCUT2D eigenvalue weighted by molar-refractivity contribution is 0.0374. The maximum absolute atomic E-state index is 13.2. The molecule has 2 fully saturated rings. The van der Waals surface area contributed by atoms with E-state index >= 15 is 0 Å². The Morgan fingerprint density at radius 2 is 1.61 bits per heavy atom. The Kier molecular flexibility index (Phi) is 9.02. The first-order valence-electron chi connectivity index (χ1n) is 12.6. The number of hydrogen-bond donors (Lipinski definition) is 2. The lowest BCUT2D eigenvalue weighted by Crippen LogP contribution is -2.38. The first-order valence-corrected chi connectivity index (χ1v) is 12.6. The maximum Gasteiger partial charge on any atom is 0.255 e. The van der Waals surface area contributed by atoms with Crippen molar-refractivity contribution in [1.82, 2.24) is 10.2 Å². The van der Waals surface area contributed by atoms with E-state index in [0.29, 0.717) is 34.9 Å². The van der Waals surface area contributed by atoms with E-state index in [0.717, 1.165) is 70.9 Å². The fourth-order valence-electron chi connectivity index (χ4n) is 4.60. The van der Waals surface area contributed by atoms with Gasteiger partial charge in [0.25, 0.3) is 11.8 Å².